The zero-order chi connectivity index (χ0) is 7.56. The van der Waals surface area contributed by atoms with Crippen molar-refractivity contribution in [1.29, 1.82) is 0 Å². The summed E-state index contributed by atoms with van der Waals surface area (Å²) in [4.78, 5) is 25.9. The lowest BCUT2D eigenvalue weighted by Crippen LogP contribution is -2.28. The van der Waals surface area contributed by atoms with Crippen LogP contribution in [0.2, 0.25) is 0 Å². The minimum atomic E-state index is -0.480. The Morgan fingerprint density at radius 3 is 2.80 bits per heavy atom. The normalized spacial score (nSPS) is 17.9. The van der Waals surface area contributed by atoms with Gasteiger partial charge in [-0.15, -0.1) is 0 Å². The molecule has 0 spiro atoms. The van der Waals surface area contributed by atoms with Crippen LogP contribution < -0.4 is 5.32 Å². The lowest BCUT2D eigenvalue weighted by molar-refractivity contribution is -0.128. The molecular weight excluding hydrogens is 136 g/mol. The zero-order valence-electron chi connectivity index (χ0n) is 5.59. The molecule has 0 radical (unpaired) electrons. The van der Waals surface area contributed by atoms with Crippen LogP contribution in [0.15, 0.2) is 0 Å². The summed E-state index contributed by atoms with van der Waals surface area (Å²) in [7, 11) is 0. The molecule has 0 atom stereocenters. The number of hydrogen-bond acceptors (Lipinski definition) is 3. The van der Waals surface area contributed by atoms with Gasteiger partial charge >= 0.3 is 6.03 Å². The van der Waals surface area contributed by atoms with Gasteiger partial charge in [0.1, 0.15) is 6.54 Å². The Morgan fingerprint density at radius 1 is 1.70 bits per heavy atom. The maximum Gasteiger partial charge on any atom is 0.348 e. The Morgan fingerprint density at radius 2 is 2.40 bits per heavy atom. The molecule has 1 aliphatic heterocycles. The molecule has 1 rings (SSSR count). The number of hydroxylamine groups is 2. The lowest BCUT2D eigenvalue weighted by Gasteiger charge is -2.09. The summed E-state index contributed by atoms with van der Waals surface area (Å²) < 4.78 is 0. The highest BCUT2D eigenvalue weighted by atomic mass is 16.7. The summed E-state index contributed by atoms with van der Waals surface area (Å²) in [5.41, 5.74) is 0. The van der Waals surface area contributed by atoms with Crippen molar-refractivity contribution in [2.24, 2.45) is 0 Å². The number of imide groups is 1. The van der Waals surface area contributed by atoms with Gasteiger partial charge in [-0.3, -0.25) is 14.9 Å². The fourth-order valence-electron chi connectivity index (χ4n) is 0.683. The second kappa shape index (κ2) is 2.66. The summed E-state index contributed by atoms with van der Waals surface area (Å²) in [6, 6.07) is -0.480. The summed E-state index contributed by atoms with van der Waals surface area (Å²) in [6.07, 6.45) is 0. The molecule has 0 aliphatic carbocycles. The smallest absolute Gasteiger partial charge is 0.274 e. The Kier molecular flexibility index (Phi) is 1.86. The molecule has 1 heterocycles. The topological polar surface area (TPSA) is 58.6 Å². The van der Waals surface area contributed by atoms with Gasteiger partial charge < -0.3 is 0 Å². The molecule has 10 heavy (non-hydrogen) atoms. The largest absolute Gasteiger partial charge is 0.348 e. The van der Waals surface area contributed by atoms with E-state index in [2.05, 4.69) is 5.32 Å². The second-order valence-electron chi connectivity index (χ2n) is 1.81. The minimum Gasteiger partial charge on any atom is -0.274 e. The predicted octanol–water partition coefficient (Wildman–Crippen LogP) is -0.510. The Bertz CT molecular complexity index is 168. The summed E-state index contributed by atoms with van der Waals surface area (Å²) in [5, 5.41) is 3.08. The standard InChI is InChI=1S/C5H8N2O3/c1-2-10-7-3-4(8)6-5(7)9/h2-3H2,1H3,(H,6,8,9). The van der Waals surface area contributed by atoms with Crippen molar-refractivity contribution < 1.29 is 14.4 Å². The first-order valence-electron chi connectivity index (χ1n) is 2.98. The van der Waals surface area contributed by atoms with Gasteiger partial charge in [0.2, 0.25) is 5.91 Å². The molecule has 0 aromatic carbocycles. The molecule has 5 nitrogen and oxygen atoms in total. The van der Waals surface area contributed by atoms with Crippen LogP contribution in [0.5, 0.6) is 0 Å². The van der Waals surface area contributed by atoms with Crippen LogP contribution >= 0.6 is 0 Å². The van der Waals surface area contributed by atoms with Crippen LogP contribution in [0.1, 0.15) is 6.92 Å². The first-order chi connectivity index (χ1) is 4.74. The first-order valence-corrected chi connectivity index (χ1v) is 2.98. The molecule has 0 aromatic rings. The molecule has 3 amide bonds. The van der Waals surface area contributed by atoms with Gasteiger partial charge in [0.15, 0.2) is 0 Å². The molecular formula is C5H8N2O3. The van der Waals surface area contributed by atoms with E-state index in [-0.39, 0.29) is 12.5 Å². The third-order valence-electron chi connectivity index (χ3n) is 1.05. The number of carbonyl (C=O) groups excluding carboxylic acids is 2. The number of nitrogens with zero attached hydrogens (tertiary/aromatic N) is 1. The second-order valence-corrected chi connectivity index (χ2v) is 1.81. The van der Waals surface area contributed by atoms with Gasteiger partial charge in [-0.25, -0.2) is 4.79 Å². The summed E-state index contributed by atoms with van der Waals surface area (Å²) in [5.74, 6) is -0.321. The number of urea groups is 1. The number of nitrogens with one attached hydrogen (secondary N) is 1. The predicted molar refractivity (Wildman–Crippen MR) is 31.9 cm³/mol. The van der Waals surface area contributed by atoms with Crippen LogP contribution in [0.3, 0.4) is 0 Å². The average molecular weight is 144 g/mol. The van der Waals surface area contributed by atoms with E-state index in [0.717, 1.165) is 5.06 Å². The fraction of sp³-hybridized carbons (Fsp3) is 0.600. The van der Waals surface area contributed by atoms with Crippen LogP contribution in [0.25, 0.3) is 0 Å². The zero-order valence-corrected chi connectivity index (χ0v) is 5.59. The Labute approximate surface area is 57.9 Å². The van der Waals surface area contributed by atoms with Gasteiger partial charge in [0, 0.05) is 0 Å². The van der Waals surface area contributed by atoms with Crippen molar-refractivity contribution >= 4 is 11.9 Å². The van der Waals surface area contributed by atoms with E-state index in [0.29, 0.717) is 6.61 Å². The maximum atomic E-state index is 10.6. The minimum absolute atomic E-state index is 0.00662. The van der Waals surface area contributed by atoms with E-state index >= 15 is 0 Å². The van der Waals surface area contributed by atoms with Gasteiger partial charge in [-0.05, 0) is 6.92 Å². The molecule has 0 bridgehead atoms. The van der Waals surface area contributed by atoms with Crippen molar-refractivity contribution in [3.63, 3.8) is 0 Å². The van der Waals surface area contributed by atoms with E-state index in [1.54, 1.807) is 6.92 Å². The van der Waals surface area contributed by atoms with Crippen LogP contribution in [0.4, 0.5) is 4.79 Å². The molecule has 56 valence electrons. The van der Waals surface area contributed by atoms with Crippen molar-refractivity contribution in [2.75, 3.05) is 13.2 Å². The lowest BCUT2D eigenvalue weighted by atomic mass is 10.7. The van der Waals surface area contributed by atoms with Crippen LogP contribution in [0, 0.1) is 0 Å². The molecule has 1 aliphatic rings. The highest BCUT2D eigenvalue weighted by Crippen LogP contribution is 1.97. The molecule has 1 N–H and O–H groups in total. The van der Waals surface area contributed by atoms with Crippen LogP contribution in [-0.4, -0.2) is 30.2 Å². The highest BCUT2D eigenvalue weighted by Gasteiger charge is 2.26. The van der Waals surface area contributed by atoms with E-state index in [1.165, 1.54) is 0 Å². The molecule has 0 aromatic heterocycles. The molecule has 0 unspecified atom stereocenters. The van der Waals surface area contributed by atoms with Gasteiger partial charge in [0.05, 0.1) is 6.61 Å². The molecule has 0 saturated carbocycles. The van der Waals surface area contributed by atoms with Gasteiger partial charge in [-0.1, -0.05) is 0 Å². The SMILES string of the molecule is CCON1CC(=O)NC1=O. The fourth-order valence-corrected chi connectivity index (χ4v) is 0.683. The van der Waals surface area contributed by atoms with Crippen molar-refractivity contribution in [2.45, 2.75) is 6.92 Å². The van der Waals surface area contributed by atoms with E-state index in [4.69, 9.17) is 4.84 Å². The average Bonchev–Trinajstić information content (AvgIpc) is 2.13. The number of carbonyl (C=O) groups is 2. The monoisotopic (exact) mass is 144 g/mol. The third kappa shape index (κ3) is 1.24. The van der Waals surface area contributed by atoms with E-state index in [1.807, 2.05) is 0 Å². The maximum absolute atomic E-state index is 10.6. The molecule has 1 fully saturated rings. The Hall–Kier alpha value is -1.10. The number of amides is 3. The molecule has 1 saturated heterocycles. The van der Waals surface area contributed by atoms with Gasteiger partial charge in [0.25, 0.3) is 0 Å². The number of rotatable bonds is 2. The number of hydrogen-bond donors (Lipinski definition) is 1. The van der Waals surface area contributed by atoms with Gasteiger partial charge in [-0.2, -0.15) is 5.06 Å². The van der Waals surface area contributed by atoms with E-state index < -0.39 is 6.03 Å². The van der Waals surface area contributed by atoms with Crippen molar-refractivity contribution in [3.8, 4) is 0 Å². The molecule has 5 heteroatoms. The Balaban J connectivity index is 2.46. The first kappa shape index (κ1) is 7.01. The summed E-state index contributed by atoms with van der Waals surface area (Å²) in [6.45, 7) is 2.14. The third-order valence-corrected chi connectivity index (χ3v) is 1.05. The highest BCUT2D eigenvalue weighted by molar-refractivity contribution is 6.01. The quantitative estimate of drug-likeness (QED) is 0.531. The van der Waals surface area contributed by atoms with Crippen LogP contribution in [-0.2, 0) is 9.63 Å². The van der Waals surface area contributed by atoms with E-state index in [9.17, 15) is 9.59 Å². The summed E-state index contributed by atoms with van der Waals surface area (Å²) >= 11 is 0. The van der Waals surface area contributed by atoms with Crippen molar-refractivity contribution in [1.82, 2.24) is 10.4 Å². The van der Waals surface area contributed by atoms with Crippen molar-refractivity contribution in [3.05, 3.63) is 0 Å².